The normalized spacial score (nSPS) is 28.7. The van der Waals surface area contributed by atoms with Crippen molar-refractivity contribution in [2.45, 2.75) is 62.4 Å². The predicted octanol–water partition coefficient (Wildman–Crippen LogP) is 2.77. The molecule has 7 nitrogen and oxygen atoms in total. The molecule has 4 N–H and O–H groups in total. The van der Waals surface area contributed by atoms with Gasteiger partial charge in [0.25, 0.3) is 0 Å². The molecule has 3 aliphatic rings. The number of nitrogens with one attached hydrogen (secondary N) is 1. The van der Waals surface area contributed by atoms with Crippen molar-refractivity contribution in [2.24, 2.45) is 0 Å². The van der Waals surface area contributed by atoms with Gasteiger partial charge in [0.2, 0.25) is 0 Å². The monoisotopic (exact) mass is 366 g/mol. The third-order valence-corrected chi connectivity index (χ3v) is 5.43. The lowest BCUT2D eigenvalue weighted by Gasteiger charge is -2.27. The van der Waals surface area contributed by atoms with E-state index in [2.05, 4.69) is 28.7 Å². The van der Waals surface area contributed by atoms with Crippen LogP contribution in [0.2, 0.25) is 0 Å². The number of phosphoric acid groups is 1. The summed E-state index contributed by atoms with van der Waals surface area (Å²) in [6.07, 6.45) is 7.83. The summed E-state index contributed by atoms with van der Waals surface area (Å²) >= 11 is 0. The van der Waals surface area contributed by atoms with E-state index in [9.17, 15) is 0 Å². The highest BCUT2D eigenvalue weighted by Crippen LogP contribution is 2.43. The number of piperidine rings is 1. The van der Waals surface area contributed by atoms with Gasteiger partial charge in [-0.2, -0.15) is 0 Å². The molecule has 136 valence electrons. The first kappa shape index (κ1) is 17.2. The van der Waals surface area contributed by atoms with E-state index in [4.69, 9.17) is 23.8 Å². The van der Waals surface area contributed by atoms with E-state index >= 15 is 0 Å². The quantitative estimate of drug-likeness (QED) is 0.604. The SMILES string of the molecule is O=P(O)(O)O.c1cc2onc(C3CC4CCC(C3)N4)c2cc1C1CC1. The Balaban J connectivity index is 0.000000280. The summed E-state index contributed by atoms with van der Waals surface area (Å²) in [4.78, 5) is 21.6. The van der Waals surface area contributed by atoms with Crippen LogP contribution >= 0.6 is 7.82 Å². The Kier molecular flexibility index (Phi) is 4.46. The Bertz CT molecular complexity index is 792. The third-order valence-electron chi connectivity index (χ3n) is 5.43. The van der Waals surface area contributed by atoms with Gasteiger partial charge >= 0.3 is 7.82 Å². The second-order valence-electron chi connectivity index (χ2n) is 7.42. The van der Waals surface area contributed by atoms with Crippen LogP contribution in [0.5, 0.6) is 0 Å². The molecule has 2 aliphatic heterocycles. The fraction of sp³-hybridized carbons (Fsp3) is 0.588. The van der Waals surface area contributed by atoms with Gasteiger partial charge in [-0.25, -0.2) is 4.57 Å². The lowest BCUT2D eigenvalue weighted by molar-refractivity contribution is 0.275. The van der Waals surface area contributed by atoms with Gasteiger partial charge in [-0.15, -0.1) is 0 Å². The predicted molar refractivity (Wildman–Crippen MR) is 92.2 cm³/mol. The molecule has 2 aromatic rings. The van der Waals surface area contributed by atoms with Gasteiger partial charge in [0, 0.05) is 23.4 Å². The maximum atomic E-state index is 8.88. The van der Waals surface area contributed by atoms with Crippen molar-refractivity contribution in [1.29, 1.82) is 0 Å². The largest absolute Gasteiger partial charge is 0.466 e. The molecule has 25 heavy (non-hydrogen) atoms. The minimum absolute atomic E-state index is 0.587. The molecule has 2 saturated heterocycles. The van der Waals surface area contributed by atoms with E-state index in [1.165, 1.54) is 55.2 Å². The number of benzene rings is 1. The molecule has 0 radical (unpaired) electrons. The van der Waals surface area contributed by atoms with Crippen LogP contribution in [0.3, 0.4) is 0 Å². The van der Waals surface area contributed by atoms with Crippen molar-refractivity contribution in [3.63, 3.8) is 0 Å². The topological polar surface area (TPSA) is 116 Å². The van der Waals surface area contributed by atoms with E-state index in [-0.39, 0.29) is 0 Å². The molecule has 2 bridgehead atoms. The molecule has 5 rings (SSSR count). The van der Waals surface area contributed by atoms with Gasteiger partial charge in [-0.05, 0) is 62.1 Å². The minimum atomic E-state index is -4.64. The molecule has 1 aromatic heterocycles. The molecule has 1 saturated carbocycles. The highest BCUT2D eigenvalue weighted by Gasteiger charge is 2.36. The molecule has 1 aromatic carbocycles. The average molecular weight is 366 g/mol. The Morgan fingerprint density at radius 1 is 1.04 bits per heavy atom. The Hall–Kier alpha value is -1.24. The summed E-state index contributed by atoms with van der Waals surface area (Å²) in [6, 6.07) is 8.10. The molecule has 1 aliphatic carbocycles. The zero-order valence-electron chi connectivity index (χ0n) is 13.8. The molecule has 0 spiro atoms. The first-order valence-corrected chi connectivity index (χ1v) is 10.4. The maximum absolute atomic E-state index is 8.88. The fourth-order valence-corrected chi connectivity index (χ4v) is 4.22. The van der Waals surface area contributed by atoms with Crippen molar-refractivity contribution in [3.8, 4) is 0 Å². The van der Waals surface area contributed by atoms with Crippen LogP contribution < -0.4 is 5.32 Å². The van der Waals surface area contributed by atoms with Crippen molar-refractivity contribution < 1.29 is 23.8 Å². The van der Waals surface area contributed by atoms with Gasteiger partial charge < -0.3 is 24.5 Å². The second kappa shape index (κ2) is 6.49. The summed E-state index contributed by atoms with van der Waals surface area (Å²) in [5.41, 5.74) is 3.68. The summed E-state index contributed by atoms with van der Waals surface area (Å²) in [6.45, 7) is 0. The zero-order chi connectivity index (χ0) is 17.6. The first-order chi connectivity index (χ1) is 11.9. The highest BCUT2D eigenvalue weighted by molar-refractivity contribution is 7.45. The van der Waals surface area contributed by atoms with E-state index < -0.39 is 7.82 Å². The average Bonchev–Trinajstić information content (AvgIpc) is 3.22. The summed E-state index contributed by atoms with van der Waals surface area (Å²) < 4.78 is 14.5. The van der Waals surface area contributed by atoms with E-state index in [1.807, 2.05) is 0 Å². The van der Waals surface area contributed by atoms with Crippen molar-refractivity contribution in [2.75, 3.05) is 0 Å². The summed E-state index contributed by atoms with van der Waals surface area (Å²) in [5, 5.41) is 9.42. The van der Waals surface area contributed by atoms with Crippen molar-refractivity contribution >= 4 is 18.8 Å². The van der Waals surface area contributed by atoms with Crippen LogP contribution in [-0.4, -0.2) is 31.9 Å². The molecule has 2 atom stereocenters. The van der Waals surface area contributed by atoms with Crippen molar-refractivity contribution in [1.82, 2.24) is 10.5 Å². The maximum Gasteiger partial charge on any atom is 0.466 e. The number of hydrogen-bond acceptors (Lipinski definition) is 4. The number of rotatable bonds is 2. The number of nitrogens with zero attached hydrogens (tertiary/aromatic N) is 1. The van der Waals surface area contributed by atoms with Crippen LogP contribution in [-0.2, 0) is 4.57 Å². The Morgan fingerprint density at radius 2 is 1.68 bits per heavy atom. The van der Waals surface area contributed by atoms with Crippen LogP contribution in [0, 0.1) is 0 Å². The Morgan fingerprint density at radius 3 is 2.28 bits per heavy atom. The smallest absolute Gasteiger partial charge is 0.356 e. The standard InChI is InChI=1S/C17H20N2O.H3O4P/c1-2-10(1)11-3-6-16-15(9-11)17(19-20-16)12-7-13-4-5-14(8-12)18-13;1-5(2,3)4/h3,6,9-10,12-14,18H,1-2,4-5,7-8H2;(H3,1,2,3,4). The highest BCUT2D eigenvalue weighted by atomic mass is 31.2. The second-order valence-corrected chi connectivity index (χ2v) is 8.44. The van der Waals surface area contributed by atoms with Gasteiger partial charge in [-0.3, -0.25) is 0 Å². The van der Waals surface area contributed by atoms with E-state index in [0.717, 1.165) is 11.5 Å². The lowest BCUT2D eigenvalue weighted by atomic mass is 9.88. The van der Waals surface area contributed by atoms with Crippen LogP contribution in [0.15, 0.2) is 22.7 Å². The fourth-order valence-electron chi connectivity index (χ4n) is 4.22. The van der Waals surface area contributed by atoms with Crippen LogP contribution in [0.4, 0.5) is 0 Å². The molecular weight excluding hydrogens is 343 g/mol. The molecule has 3 fully saturated rings. The summed E-state index contributed by atoms with van der Waals surface area (Å²) in [7, 11) is -4.64. The molecular formula is C17H23N2O5P. The van der Waals surface area contributed by atoms with Crippen molar-refractivity contribution in [3.05, 3.63) is 29.5 Å². The molecule has 2 unspecified atom stereocenters. The number of hydrogen-bond donors (Lipinski definition) is 4. The Labute approximate surface area is 145 Å². The number of fused-ring (bicyclic) bond motifs is 3. The van der Waals surface area contributed by atoms with Gasteiger partial charge in [-0.1, -0.05) is 11.2 Å². The van der Waals surface area contributed by atoms with E-state index in [0.29, 0.717) is 18.0 Å². The van der Waals surface area contributed by atoms with Gasteiger partial charge in [0.15, 0.2) is 5.58 Å². The van der Waals surface area contributed by atoms with Gasteiger partial charge in [0.05, 0.1) is 5.69 Å². The molecule has 0 amide bonds. The summed E-state index contributed by atoms with van der Waals surface area (Å²) in [5.74, 6) is 1.39. The minimum Gasteiger partial charge on any atom is -0.356 e. The molecule has 3 heterocycles. The number of aromatic nitrogens is 1. The van der Waals surface area contributed by atoms with E-state index in [1.54, 1.807) is 0 Å². The lowest BCUT2D eigenvalue weighted by Crippen LogP contribution is -2.37. The van der Waals surface area contributed by atoms with Crippen LogP contribution in [0.1, 0.15) is 61.6 Å². The third kappa shape index (κ3) is 4.13. The van der Waals surface area contributed by atoms with Crippen LogP contribution in [0.25, 0.3) is 11.0 Å². The zero-order valence-corrected chi connectivity index (χ0v) is 14.7. The molecule has 8 heteroatoms. The van der Waals surface area contributed by atoms with Gasteiger partial charge in [0.1, 0.15) is 0 Å². The first-order valence-electron chi connectivity index (χ1n) is 8.80.